The van der Waals surface area contributed by atoms with E-state index in [4.69, 9.17) is 0 Å². The molecule has 2 rings (SSSR count). The van der Waals surface area contributed by atoms with Gasteiger partial charge in [-0.3, -0.25) is 0 Å². The molecule has 0 aromatic heterocycles. The summed E-state index contributed by atoms with van der Waals surface area (Å²) in [7, 11) is -2.79. The van der Waals surface area contributed by atoms with Crippen molar-refractivity contribution in [2.45, 2.75) is 52.1 Å². The predicted molar refractivity (Wildman–Crippen MR) is 88.1 cm³/mol. The van der Waals surface area contributed by atoms with E-state index in [-0.39, 0.29) is 11.5 Å². The van der Waals surface area contributed by atoms with E-state index in [0.29, 0.717) is 17.5 Å². The van der Waals surface area contributed by atoms with Gasteiger partial charge in [-0.15, -0.1) is 0 Å². The maximum atomic E-state index is 11.6. The van der Waals surface area contributed by atoms with E-state index in [1.165, 1.54) is 5.56 Å². The average Bonchev–Trinajstić information content (AvgIpc) is 2.40. The Morgan fingerprint density at radius 2 is 1.71 bits per heavy atom. The Bertz CT molecular complexity index is 532. The first-order valence-corrected chi connectivity index (χ1v) is 9.59. The van der Waals surface area contributed by atoms with Crippen LogP contribution in [0, 0.1) is 5.41 Å². The number of rotatable bonds is 4. The lowest BCUT2D eigenvalue weighted by Crippen LogP contribution is -2.40. The van der Waals surface area contributed by atoms with Crippen molar-refractivity contribution in [2.75, 3.05) is 11.5 Å². The van der Waals surface area contributed by atoms with E-state index in [9.17, 15) is 8.42 Å². The molecule has 1 aliphatic heterocycles. The highest BCUT2D eigenvalue weighted by atomic mass is 32.2. The second-order valence-corrected chi connectivity index (χ2v) is 9.62. The van der Waals surface area contributed by atoms with Crippen LogP contribution >= 0.6 is 0 Å². The van der Waals surface area contributed by atoms with Crippen LogP contribution in [0.3, 0.4) is 0 Å². The zero-order valence-corrected chi connectivity index (χ0v) is 14.1. The third kappa shape index (κ3) is 5.44. The highest BCUT2D eigenvalue weighted by Gasteiger charge is 2.27. The summed E-state index contributed by atoms with van der Waals surface area (Å²) in [5, 5.41) is 3.70. The molecule has 1 aliphatic rings. The molecule has 0 aliphatic carbocycles. The summed E-state index contributed by atoms with van der Waals surface area (Å²) in [6, 6.07) is 11.1. The molecule has 0 radical (unpaired) electrons. The van der Waals surface area contributed by atoms with Crippen molar-refractivity contribution in [3.8, 4) is 0 Å². The van der Waals surface area contributed by atoms with Crippen molar-refractivity contribution >= 4 is 9.84 Å². The van der Waals surface area contributed by atoms with Gasteiger partial charge in [0.2, 0.25) is 0 Å². The molecule has 0 saturated carbocycles. The number of sulfone groups is 1. The molecule has 1 atom stereocenters. The summed E-state index contributed by atoms with van der Waals surface area (Å²) in [6.45, 7) is 6.74. The fourth-order valence-electron chi connectivity index (χ4n) is 2.91. The van der Waals surface area contributed by atoms with E-state index in [1.54, 1.807) is 0 Å². The SMILES string of the molecule is CC(C)(C)CC(NC1CCS(=O)(=O)CC1)c1ccccc1. The quantitative estimate of drug-likeness (QED) is 0.928. The lowest BCUT2D eigenvalue weighted by Gasteiger charge is -2.32. The van der Waals surface area contributed by atoms with Crippen molar-refractivity contribution in [1.82, 2.24) is 5.32 Å². The molecule has 1 fully saturated rings. The Morgan fingerprint density at radius 3 is 2.24 bits per heavy atom. The van der Waals surface area contributed by atoms with Crippen LogP contribution < -0.4 is 5.32 Å². The monoisotopic (exact) mass is 309 g/mol. The molecular weight excluding hydrogens is 282 g/mol. The van der Waals surface area contributed by atoms with Gasteiger partial charge in [0, 0.05) is 12.1 Å². The zero-order chi connectivity index (χ0) is 15.5. The first-order chi connectivity index (χ1) is 9.75. The predicted octanol–water partition coefficient (Wildman–Crippen LogP) is 3.33. The molecule has 1 unspecified atom stereocenters. The van der Waals surface area contributed by atoms with Crippen molar-refractivity contribution < 1.29 is 8.42 Å². The van der Waals surface area contributed by atoms with Crippen molar-refractivity contribution in [3.63, 3.8) is 0 Å². The molecule has 1 N–H and O–H groups in total. The molecule has 4 heteroatoms. The molecule has 0 bridgehead atoms. The molecule has 118 valence electrons. The number of nitrogens with one attached hydrogen (secondary N) is 1. The van der Waals surface area contributed by atoms with Gasteiger partial charge < -0.3 is 5.32 Å². The summed E-state index contributed by atoms with van der Waals surface area (Å²) in [5.41, 5.74) is 1.52. The Labute approximate surface area is 129 Å². The Morgan fingerprint density at radius 1 is 1.14 bits per heavy atom. The van der Waals surface area contributed by atoms with Gasteiger partial charge in [0.15, 0.2) is 0 Å². The fourth-order valence-corrected chi connectivity index (χ4v) is 4.40. The van der Waals surface area contributed by atoms with Gasteiger partial charge >= 0.3 is 0 Å². The first-order valence-electron chi connectivity index (χ1n) is 7.77. The largest absolute Gasteiger partial charge is 0.307 e. The van der Waals surface area contributed by atoms with Gasteiger partial charge in [-0.2, -0.15) is 0 Å². The van der Waals surface area contributed by atoms with Crippen LogP contribution in [0.2, 0.25) is 0 Å². The molecular formula is C17H27NO2S. The van der Waals surface area contributed by atoms with Crippen LogP contribution in [-0.4, -0.2) is 26.0 Å². The molecule has 1 aromatic carbocycles. The fraction of sp³-hybridized carbons (Fsp3) is 0.647. The minimum Gasteiger partial charge on any atom is -0.307 e. The lowest BCUT2D eigenvalue weighted by atomic mass is 9.85. The summed E-state index contributed by atoms with van der Waals surface area (Å²) < 4.78 is 23.1. The summed E-state index contributed by atoms with van der Waals surface area (Å²) >= 11 is 0. The smallest absolute Gasteiger partial charge is 0.150 e. The van der Waals surface area contributed by atoms with Gasteiger partial charge in [-0.1, -0.05) is 51.1 Å². The van der Waals surface area contributed by atoms with E-state index >= 15 is 0 Å². The molecule has 21 heavy (non-hydrogen) atoms. The Balaban J connectivity index is 2.06. The second kappa shape index (κ2) is 6.49. The van der Waals surface area contributed by atoms with Gasteiger partial charge in [-0.05, 0) is 30.2 Å². The minimum atomic E-state index is -2.79. The number of hydrogen-bond donors (Lipinski definition) is 1. The standard InChI is InChI=1S/C17H27NO2S/c1-17(2,3)13-16(14-7-5-4-6-8-14)18-15-9-11-21(19,20)12-10-15/h4-8,15-16,18H,9-13H2,1-3H3. The van der Waals surface area contributed by atoms with Crippen LogP contribution in [0.15, 0.2) is 30.3 Å². The van der Waals surface area contributed by atoms with Gasteiger partial charge in [0.25, 0.3) is 0 Å². The van der Waals surface area contributed by atoms with E-state index in [2.05, 4.69) is 50.4 Å². The van der Waals surface area contributed by atoms with Crippen LogP contribution in [0.5, 0.6) is 0 Å². The third-order valence-electron chi connectivity index (χ3n) is 4.01. The molecule has 1 saturated heterocycles. The van der Waals surface area contributed by atoms with E-state index < -0.39 is 9.84 Å². The third-order valence-corrected chi connectivity index (χ3v) is 5.73. The number of hydrogen-bond acceptors (Lipinski definition) is 3. The highest BCUT2D eigenvalue weighted by Crippen LogP contribution is 2.30. The summed E-state index contributed by atoms with van der Waals surface area (Å²) in [6.07, 6.45) is 2.51. The van der Waals surface area contributed by atoms with Crippen molar-refractivity contribution in [1.29, 1.82) is 0 Å². The maximum absolute atomic E-state index is 11.6. The Hall–Kier alpha value is -0.870. The van der Waals surface area contributed by atoms with E-state index in [0.717, 1.165) is 19.3 Å². The van der Waals surface area contributed by atoms with Crippen LogP contribution in [0.1, 0.15) is 51.6 Å². The van der Waals surface area contributed by atoms with Gasteiger partial charge in [-0.25, -0.2) is 8.42 Å². The topological polar surface area (TPSA) is 46.2 Å². The Kier molecular flexibility index (Phi) is 5.10. The number of benzene rings is 1. The van der Waals surface area contributed by atoms with Gasteiger partial charge in [0.1, 0.15) is 9.84 Å². The van der Waals surface area contributed by atoms with Crippen LogP contribution in [0.25, 0.3) is 0 Å². The highest BCUT2D eigenvalue weighted by molar-refractivity contribution is 7.91. The maximum Gasteiger partial charge on any atom is 0.150 e. The molecule has 0 spiro atoms. The summed E-state index contributed by atoms with van der Waals surface area (Å²) in [4.78, 5) is 0. The lowest BCUT2D eigenvalue weighted by molar-refractivity contribution is 0.286. The molecule has 0 amide bonds. The normalized spacial score (nSPS) is 21.1. The van der Waals surface area contributed by atoms with E-state index in [1.807, 2.05) is 6.07 Å². The van der Waals surface area contributed by atoms with Gasteiger partial charge in [0.05, 0.1) is 11.5 Å². The zero-order valence-electron chi connectivity index (χ0n) is 13.3. The molecule has 3 nitrogen and oxygen atoms in total. The summed E-state index contributed by atoms with van der Waals surface area (Å²) in [5.74, 6) is 0.642. The van der Waals surface area contributed by atoms with Crippen molar-refractivity contribution in [2.24, 2.45) is 5.41 Å². The second-order valence-electron chi connectivity index (χ2n) is 7.32. The molecule has 1 heterocycles. The van der Waals surface area contributed by atoms with Crippen LogP contribution in [-0.2, 0) is 9.84 Å². The average molecular weight is 309 g/mol. The molecule has 1 aromatic rings. The first kappa shape index (κ1) is 16.5. The minimum absolute atomic E-state index is 0.230. The van der Waals surface area contributed by atoms with Crippen molar-refractivity contribution in [3.05, 3.63) is 35.9 Å². The van der Waals surface area contributed by atoms with Crippen LogP contribution in [0.4, 0.5) is 0 Å².